The minimum absolute atomic E-state index is 0.139. The summed E-state index contributed by atoms with van der Waals surface area (Å²) in [5.41, 5.74) is 1.14. The maximum Gasteiger partial charge on any atom is 0.220 e. The number of amides is 1. The smallest absolute Gasteiger partial charge is 0.220 e. The fourth-order valence-electron chi connectivity index (χ4n) is 1.59. The molecule has 0 bridgehead atoms. The van der Waals surface area contributed by atoms with Crippen molar-refractivity contribution < 1.29 is 4.79 Å². The first-order chi connectivity index (χ1) is 6.66. The summed E-state index contributed by atoms with van der Waals surface area (Å²) in [7, 11) is 0. The van der Waals surface area contributed by atoms with Crippen LogP contribution in [0.4, 0.5) is 0 Å². The minimum atomic E-state index is 0.139. The predicted octanol–water partition coefficient (Wildman–Crippen LogP) is 2.90. The summed E-state index contributed by atoms with van der Waals surface area (Å²) >= 11 is 8.12. The average Bonchev–Trinajstić information content (AvgIpc) is 2.57. The second-order valence-corrected chi connectivity index (χ2v) is 4.90. The lowest BCUT2D eigenvalue weighted by atomic mass is 10.1. The highest BCUT2D eigenvalue weighted by Gasteiger charge is 2.22. The van der Waals surface area contributed by atoms with E-state index in [9.17, 15) is 4.79 Å². The van der Waals surface area contributed by atoms with Gasteiger partial charge in [-0.05, 0) is 46.7 Å². The fraction of sp³-hybridized carbons (Fsp3) is 0.300. The van der Waals surface area contributed by atoms with Gasteiger partial charge < -0.3 is 5.32 Å². The number of rotatable bonds is 1. The number of halogens is 2. The van der Waals surface area contributed by atoms with E-state index in [1.807, 2.05) is 18.2 Å². The van der Waals surface area contributed by atoms with Crippen molar-refractivity contribution in [1.29, 1.82) is 0 Å². The predicted molar refractivity (Wildman–Crippen MR) is 64.3 cm³/mol. The van der Waals surface area contributed by atoms with Crippen molar-refractivity contribution in [2.24, 2.45) is 0 Å². The molecule has 1 aliphatic rings. The van der Waals surface area contributed by atoms with Crippen molar-refractivity contribution in [1.82, 2.24) is 5.32 Å². The van der Waals surface area contributed by atoms with Crippen LogP contribution in [0.5, 0.6) is 0 Å². The van der Waals surface area contributed by atoms with E-state index in [0.717, 1.165) is 20.6 Å². The van der Waals surface area contributed by atoms with Gasteiger partial charge in [-0.2, -0.15) is 0 Å². The normalized spacial score (nSPS) is 21.0. The molecule has 0 aromatic heterocycles. The van der Waals surface area contributed by atoms with Gasteiger partial charge in [0.1, 0.15) is 0 Å². The van der Waals surface area contributed by atoms with Gasteiger partial charge in [-0.3, -0.25) is 4.79 Å². The summed E-state index contributed by atoms with van der Waals surface area (Å²) in [5.74, 6) is 0.139. The zero-order chi connectivity index (χ0) is 10.1. The van der Waals surface area contributed by atoms with Gasteiger partial charge in [0.15, 0.2) is 0 Å². The third kappa shape index (κ3) is 2.03. The lowest BCUT2D eigenvalue weighted by Crippen LogP contribution is -2.18. The molecule has 2 rings (SSSR count). The molecule has 1 atom stereocenters. The molecule has 1 fully saturated rings. The first-order valence-corrected chi connectivity index (χ1v) is 5.87. The lowest BCUT2D eigenvalue weighted by molar-refractivity contribution is -0.119. The molecule has 1 aromatic rings. The van der Waals surface area contributed by atoms with E-state index in [1.54, 1.807) is 0 Å². The molecule has 0 unspecified atom stereocenters. The lowest BCUT2D eigenvalue weighted by Gasteiger charge is -2.10. The number of hydrogen-bond acceptors (Lipinski definition) is 1. The topological polar surface area (TPSA) is 29.1 Å². The molecule has 0 radical (unpaired) electrons. The highest BCUT2D eigenvalue weighted by atomic mass is 127. The second kappa shape index (κ2) is 4.06. The van der Waals surface area contributed by atoms with Gasteiger partial charge in [-0.25, -0.2) is 0 Å². The largest absolute Gasteiger partial charge is 0.349 e. The number of benzene rings is 1. The van der Waals surface area contributed by atoms with Crippen LogP contribution < -0.4 is 5.32 Å². The van der Waals surface area contributed by atoms with Gasteiger partial charge >= 0.3 is 0 Å². The Morgan fingerprint density at radius 2 is 2.29 bits per heavy atom. The van der Waals surface area contributed by atoms with Crippen LogP contribution in [0, 0.1) is 3.57 Å². The Hall–Kier alpha value is -0.290. The zero-order valence-corrected chi connectivity index (χ0v) is 10.3. The highest BCUT2D eigenvalue weighted by Crippen LogP contribution is 2.27. The van der Waals surface area contributed by atoms with Crippen LogP contribution in [0.1, 0.15) is 24.4 Å². The molecule has 1 heterocycles. The van der Waals surface area contributed by atoms with E-state index in [0.29, 0.717) is 6.42 Å². The van der Waals surface area contributed by atoms with Crippen molar-refractivity contribution >= 4 is 40.1 Å². The number of nitrogens with one attached hydrogen (secondary N) is 1. The summed E-state index contributed by atoms with van der Waals surface area (Å²) in [6.07, 6.45) is 1.51. The molecule has 0 aliphatic carbocycles. The summed E-state index contributed by atoms with van der Waals surface area (Å²) < 4.78 is 1.03. The monoisotopic (exact) mass is 321 g/mol. The van der Waals surface area contributed by atoms with Crippen LogP contribution in [0.3, 0.4) is 0 Å². The fourth-order valence-corrected chi connectivity index (χ4v) is 2.25. The average molecular weight is 322 g/mol. The third-order valence-corrected chi connectivity index (χ3v) is 3.88. The number of carbonyl (C=O) groups is 1. The summed E-state index contributed by atoms with van der Waals surface area (Å²) in [6, 6.07) is 6.05. The Labute approximate surface area is 101 Å². The van der Waals surface area contributed by atoms with Crippen LogP contribution in [0.15, 0.2) is 18.2 Å². The maximum atomic E-state index is 11.0. The Balaban J connectivity index is 2.24. The molecule has 2 nitrogen and oxygen atoms in total. The third-order valence-electron chi connectivity index (χ3n) is 2.34. The van der Waals surface area contributed by atoms with Crippen LogP contribution in [-0.4, -0.2) is 5.91 Å². The van der Waals surface area contributed by atoms with Gasteiger partial charge in [0.2, 0.25) is 5.91 Å². The molecule has 1 aliphatic heterocycles. The minimum Gasteiger partial charge on any atom is -0.349 e. The maximum absolute atomic E-state index is 11.0. The van der Waals surface area contributed by atoms with E-state index in [1.165, 1.54) is 0 Å². The second-order valence-electron chi connectivity index (χ2n) is 3.33. The van der Waals surface area contributed by atoms with Crippen LogP contribution in [-0.2, 0) is 4.79 Å². The molecule has 1 amide bonds. The first kappa shape index (κ1) is 10.2. The van der Waals surface area contributed by atoms with Crippen molar-refractivity contribution in [3.63, 3.8) is 0 Å². The summed E-state index contributed by atoms with van der Waals surface area (Å²) in [6.45, 7) is 0. The number of carbonyl (C=O) groups excluding carboxylic acids is 1. The van der Waals surface area contributed by atoms with Gasteiger partial charge in [-0.15, -0.1) is 0 Å². The Morgan fingerprint density at radius 1 is 1.50 bits per heavy atom. The molecule has 0 spiro atoms. The van der Waals surface area contributed by atoms with E-state index < -0.39 is 0 Å². The zero-order valence-electron chi connectivity index (χ0n) is 7.39. The molecule has 14 heavy (non-hydrogen) atoms. The van der Waals surface area contributed by atoms with Crippen molar-refractivity contribution in [2.75, 3.05) is 0 Å². The van der Waals surface area contributed by atoms with Crippen LogP contribution in [0.25, 0.3) is 0 Å². The van der Waals surface area contributed by atoms with Crippen LogP contribution >= 0.6 is 34.2 Å². The van der Waals surface area contributed by atoms with E-state index in [2.05, 4.69) is 27.9 Å². The van der Waals surface area contributed by atoms with Gasteiger partial charge in [0, 0.05) is 9.99 Å². The van der Waals surface area contributed by atoms with Gasteiger partial charge in [0.05, 0.1) is 11.1 Å². The van der Waals surface area contributed by atoms with Crippen molar-refractivity contribution in [3.05, 3.63) is 32.4 Å². The molecular weight excluding hydrogens is 312 g/mol. The van der Waals surface area contributed by atoms with Crippen LogP contribution in [0.2, 0.25) is 5.02 Å². The Morgan fingerprint density at radius 3 is 2.86 bits per heavy atom. The summed E-state index contributed by atoms with van der Waals surface area (Å²) in [5, 5.41) is 3.69. The number of hydrogen-bond donors (Lipinski definition) is 1. The first-order valence-electron chi connectivity index (χ1n) is 4.41. The van der Waals surface area contributed by atoms with E-state index in [-0.39, 0.29) is 11.9 Å². The summed E-state index contributed by atoms with van der Waals surface area (Å²) in [4.78, 5) is 11.0. The van der Waals surface area contributed by atoms with Crippen molar-refractivity contribution in [3.8, 4) is 0 Å². The Bertz CT molecular complexity index is 380. The van der Waals surface area contributed by atoms with E-state index >= 15 is 0 Å². The molecule has 1 N–H and O–H groups in total. The molecular formula is C10H9ClINO. The SMILES string of the molecule is O=C1CC[C@@H](c2ccc(Cl)c(I)c2)N1. The molecule has 74 valence electrons. The van der Waals surface area contributed by atoms with E-state index in [4.69, 9.17) is 11.6 Å². The van der Waals surface area contributed by atoms with Gasteiger partial charge in [-0.1, -0.05) is 17.7 Å². The van der Waals surface area contributed by atoms with Crippen molar-refractivity contribution in [2.45, 2.75) is 18.9 Å². The molecule has 1 aromatic carbocycles. The molecule has 1 saturated heterocycles. The van der Waals surface area contributed by atoms with Gasteiger partial charge in [0.25, 0.3) is 0 Å². The standard InChI is InChI=1S/C10H9ClINO/c11-7-2-1-6(5-8(7)12)9-3-4-10(14)13-9/h1-2,5,9H,3-4H2,(H,13,14)/t9-/m0/s1. The molecule has 4 heteroatoms. The molecule has 0 saturated carbocycles. The Kier molecular flexibility index (Phi) is 2.97. The quantitative estimate of drug-likeness (QED) is 0.792. The highest BCUT2D eigenvalue weighted by molar-refractivity contribution is 14.1.